The highest BCUT2D eigenvalue weighted by molar-refractivity contribution is 5.98. The van der Waals surface area contributed by atoms with Crippen LogP contribution >= 0.6 is 0 Å². The van der Waals surface area contributed by atoms with Gasteiger partial charge in [-0.15, -0.1) is 5.10 Å². The molecule has 4 aromatic rings. The molecule has 7 rings (SSSR count). The van der Waals surface area contributed by atoms with Crippen LogP contribution in [0.15, 0.2) is 59.5 Å². The van der Waals surface area contributed by atoms with Crippen LogP contribution in [0.5, 0.6) is 0 Å². The van der Waals surface area contributed by atoms with Crippen LogP contribution in [-0.4, -0.2) is 105 Å². The first kappa shape index (κ1) is 32.6. The third-order valence-corrected chi connectivity index (χ3v) is 10.1. The van der Waals surface area contributed by atoms with E-state index in [1.807, 2.05) is 29.2 Å². The van der Waals surface area contributed by atoms with Crippen molar-refractivity contribution < 1.29 is 13.9 Å². The molecule has 0 bridgehead atoms. The topological polar surface area (TPSA) is 100 Å². The minimum absolute atomic E-state index is 0.0111. The number of pyridine rings is 2. The molecule has 0 unspecified atom stereocenters. The summed E-state index contributed by atoms with van der Waals surface area (Å²) < 4.78 is 22.6. The number of halogens is 1. The summed E-state index contributed by atoms with van der Waals surface area (Å²) in [7, 11) is 0. The summed E-state index contributed by atoms with van der Waals surface area (Å²) in [6.45, 7) is 14.3. The van der Waals surface area contributed by atoms with Gasteiger partial charge >= 0.3 is 5.69 Å². The van der Waals surface area contributed by atoms with Gasteiger partial charge in [0.2, 0.25) is 5.91 Å². The Hall–Kier alpha value is -3.97. The molecule has 1 N–H and O–H groups in total. The number of nitrogens with zero attached hydrogens (tertiary/aromatic N) is 7. The Kier molecular flexibility index (Phi) is 8.92. The lowest BCUT2D eigenvalue weighted by Crippen LogP contribution is -2.62. The molecule has 11 nitrogen and oxygen atoms in total. The normalized spacial score (nSPS) is 23.1. The first-order chi connectivity index (χ1) is 23.1. The molecule has 1 aromatic carbocycles. The minimum Gasteiger partial charge on any atom is -0.379 e. The number of fused-ring (bicyclic) bond motifs is 3. The molecule has 254 valence electrons. The monoisotopic (exact) mass is 656 g/mol. The summed E-state index contributed by atoms with van der Waals surface area (Å²) in [5.74, 6) is -0.298. The van der Waals surface area contributed by atoms with Crippen molar-refractivity contribution >= 4 is 17.2 Å². The molecule has 12 heteroatoms. The van der Waals surface area contributed by atoms with Crippen LogP contribution in [0.25, 0.3) is 5.65 Å². The number of hydrogen-bond donors (Lipinski definition) is 1. The van der Waals surface area contributed by atoms with Gasteiger partial charge in [-0.2, -0.15) is 0 Å². The Morgan fingerprint density at radius 3 is 2.69 bits per heavy atom. The van der Waals surface area contributed by atoms with E-state index in [4.69, 9.17) is 9.84 Å². The smallest absolute Gasteiger partial charge is 0.351 e. The maximum Gasteiger partial charge on any atom is 0.351 e. The van der Waals surface area contributed by atoms with E-state index in [1.165, 1.54) is 16.8 Å². The summed E-state index contributed by atoms with van der Waals surface area (Å²) in [4.78, 5) is 39.7. The molecule has 3 aromatic heterocycles. The zero-order valence-corrected chi connectivity index (χ0v) is 28.2. The van der Waals surface area contributed by atoms with Crippen molar-refractivity contribution in [2.75, 3.05) is 57.4 Å². The molecule has 0 aliphatic carbocycles. The van der Waals surface area contributed by atoms with Gasteiger partial charge in [0.15, 0.2) is 5.65 Å². The van der Waals surface area contributed by atoms with Crippen molar-refractivity contribution in [3.8, 4) is 0 Å². The van der Waals surface area contributed by atoms with Crippen LogP contribution in [0.3, 0.4) is 0 Å². The number of carbonyl (C=O) groups is 1. The SMILES string of the molecule is C[C@@H]1CN(CC(=O)N2CC(C)(C)c3c2cc(Cc2ccc(F)cc2)c2nn(Cc4ccccn4)c(=O)n32)[C@@H](CN2CCOC[C@H]2C)CN1. The molecule has 2 fully saturated rings. The standard InChI is InChI=1S/C36H45FN8O3/c1-24-18-42(30(17-39-24)20-41-13-14-48-22-25(41)2)21-32(46)43-23-36(3,4)33-31(43)16-27(15-26-8-10-28(37)11-9-26)34-40-44(35(47)45(33)34)19-29-7-5-6-12-38-29/h5-12,16,24-25,30,39H,13-15,17-23H2,1-4H3/t24-,25-,30-/m1/s1. The fourth-order valence-electron chi connectivity index (χ4n) is 7.53. The molecule has 0 saturated carbocycles. The van der Waals surface area contributed by atoms with Gasteiger partial charge in [-0.25, -0.2) is 18.3 Å². The Bertz CT molecular complexity index is 1840. The summed E-state index contributed by atoms with van der Waals surface area (Å²) in [6, 6.07) is 14.8. The van der Waals surface area contributed by atoms with Gasteiger partial charge in [-0.05, 0) is 49.7 Å². The van der Waals surface area contributed by atoms with Crippen LogP contribution in [0.1, 0.15) is 50.2 Å². The summed E-state index contributed by atoms with van der Waals surface area (Å²) in [5.41, 5.74) is 3.66. The Morgan fingerprint density at radius 1 is 1.12 bits per heavy atom. The number of carbonyl (C=O) groups excluding carboxylic acids is 1. The van der Waals surface area contributed by atoms with Crippen molar-refractivity contribution in [2.45, 2.75) is 64.2 Å². The van der Waals surface area contributed by atoms with Crippen molar-refractivity contribution in [3.63, 3.8) is 0 Å². The molecule has 0 radical (unpaired) electrons. The third-order valence-electron chi connectivity index (χ3n) is 10.1. The number of hydrogen-bond acceptors (Lipinski definition) is 8. The van der Waals surface area contributed by atoms with Crippen LogP contribution in [0.4, 0.5) is 10.1 Å². The van der Waals surface area contributed by atoms with E-state index >= 15 is 0 Å². The number of ether oxygens (including phenoxy) is 1. The lowest BCUT2D eigenvalue weighted by Gasteiger charge is -2.43. The van der Waals surface area contributed by atoms with E-state index in [-0.39, 0.29) is 42.6 Å². The van der Waals surface area contributed by atoms with Gasteiger partial charge < -0.3 is 15.0 Å². The highest BCUT2D eigenvalue weighted by Crippen LogP contribution is 2.42. The number of piperazine rings is 1. The molecule has 2 saturated heterocycles. The minimum atomic E-state index is -0.514. The lowest BCUT2D eigenvalue weighted by atomic mass is 9.90. The molecule has 3 aliphatic heterocycles. The highest BCUT2D eigenvalue weighted by Gasteiger charge is 2.43. The van der Waals surface area contributed by atoms with E-state index in [2.05, 4.69) is 47.8 Å². The lowest BCUT2D eigenvalue weighted by molar-refractivity contribution is -0.121. The number of benzene rings is 1. The molecule has 3 atom stereocenters. The van der Waals surface area contributed by atoms with Crippen LogP contribution in [0, 0.1) is 5.82 Å². The fraction of sp³-hybridized carbons (Fsp3) is 0.500. The van der Waals surface area contributed by atoms with Crippen molar-refractivity contribution in [1.82, 2.24) is 34.3 Å². The zero-order chi connectivity index (χ0) is 33.6. The second-order valence-electron chi connectivity index (χ2n) is 14.3. The van der Waals surface area contributed by atoms with Crippen molar-refractivity contribution in [3.05, 3.63) is 93.5 Å². The number of nitrogens with one attached hydrogen (secondary N) is 1. The first-order valence-corrected chi connectivity index (χ1v) is 17.0. The largest absolute Gasteiger partial charge is 0.379 e. The van der Waals surface area contributed by atoms with Crippen molar-refractivity contribution in [1.29, 1.82) is 0 Å². The van der Waals surface area contributed by atoms with Crippen LogP contribution in [-0.2, 0) is 27.9 Å². The average Bonchev–Trinajstić information content (AvgIpc) is 3.53. The molecule has 3 aliphatic rings. The van der Waals surface area contributed by atoms with E-state index < -0.39 is 5.41 Å². The number of rotatable bonds is 8. The average molecular weight is 657 g/mol. The summed E-state index contributed by atoms with van der Waals surface area (Å²) >= 11 is 0. The Labute approximate surface area is 280 Å². The number of morpholine rings is 1. The Morgan fingerprint density at radius 2 is 1.94 bits per heavy atom. The fourth-order valence-corrected chi connectivity index (χ4v) is 7.53. The van der Waals surface area contributed by atoms with Gasteiger partial charge in [0.05, 0.1) is 43.4 Å². The van der Waals surface area contributed by atoms with Crippen LogP contribution in [0.2, 0.25) is 0 Å². The van der Waals surface area contributed by atoms with E-state index in [1.54, 1.807) is 22.7 Å². The first-order valence-electron chi connectivity index (χ1n) is 17.0. The van der Waals surface area contributed by atoms with Gasteiger partial charge in [0.25, 0.3) is 0 Å². The third kappa shape index (κ3) is 6.41. The van der Waals surface area contributed by atoms with Gasteiger partial charge in [-0.1, -0.05) is 32.0 Å². The van der Waals surface area contributed by atoms with Crippen molar-refractivity contribution in [2.24, 2.45) is 0 Å². The molecule has 1 amide bonds. The van der Waals surface area contributed by atoms with E-state index in [9.17, 15) is 14.0 Å². The molecular weight excluding hydrogens is 611 g/mol. The zero-order valence-electron chi connectivity index (χ0n) is 28.2. The quantitative estimate of drug-likeness (QED) is 0.309. The number of amides is 1. The maximum absolute atomic E-state index is 14.4. The number of anilines is 1. The maximum atomic E-state index is 14.4. The second kappa shape index (κ2) is 13.1. The molecule has 0 spiro atoms. The molecule has 48 heavy (non-hydrogen) atoms. The molecule has 6 heterocycles. The van der Waals surface area contributed by atoms with Gasteiger partial charge in [-0.3, -0.25) is 19.6 Å². The van der Waals surface area contributed by atoms with E-state index in [0.717, 1.165) is 67.6 Å². The summed E-state index contributed by atoms with van der Waals surface area (Å²) in [6.07, 6.45) is 2.13. The summed E-state index contributed by atoms with van der Waals surface area (Å²) in [5, 5.41) is 8.45. The number of aromatic nitrogens is 4. The van der Waals surface area contributed by atoms with Crippen LogP contribution < -0.4 is 15.9 Å². The second-order valence-corrected chi connectivity index (χ2v) is 14.3. The molecular formula is C36H45FN8O3. The predicted molar refractivity (Wildman–Crippen MR) is 182 cm³/mol. The van der Waals surface area contributed by atoms with Gasteiger partial charge in [0.1, 0.15) is 5.82 Å². The Balaban J connectivity index is 1.25. The predicted octanol–water partition coefficient (Wildman–Crippen LogP) is 2.68. The highest BCUT2D eigenvalue weighted by atomic mass is 19.1. The van der Waals surface area contributed by atoms with Gasteiger partial charge in [0, 0.05) is 74.4 Å². The van der Waals surface area contributed by atoms with E-state index in [0.29, 0.717) is 24.7 Å².